The zero-order valence-corrected chi connectivity index (χ0v) is 10.0. The van der Waals surface area contributed by atoms with E-state index >= 15 is 0 Å². The predicted octanol–water partition coefficient (Wildman–Crippen LogP) is 2.28. The van der Waals surface area contributed by atoms with Crippen molar-refractivity contribution in [2.24, 2.45) is 0 Å². The Bertz CT molecular complexity index is 366. The van der Waals surface area contributed by atoms with Crippen LogP contribution in [0.5, 0.6) is 0 Å². The second-order valence-corrected chi connectivity index (χ2v) is 3.78. The van der Waals surface area contributed by atoms with E-state index in [4.69, 9.17) is 5.26 Å². The number of nitriles is 1. The van der Waals surface area contributed by atoms with E-state index in [2.05, 4.69) is 23.6 Å². The predicted molar refractivity (Wildman–Crippen MR) is 67.5 cm³/mol. The molecule has 0 aliphatic carbocycles. The molecule has 0 aromatic heterocycles. The van der Waals surface area contributed by atoms with Crippen molar-refractivity contribution >= 4 is 5.69 Å². The van der Waals surface area contributed by atoms with Crippen LogP contribution in [0.3, 0.4) is 0 Å². The zero-order chi connectivity index (χ0) is 11.8. The quantitative estimate of drug-likeness (QED) is 0.719. The number of anilines is 1. The van der Waals surface area contributed by atoms with Crippen LogP contribution in [0.1, 0.15) is 24.5 Å². The summed E-state index contributed by atoms with van der Waals surface area (Å²) in [6.07, 6.45) is 1.10. The van der Waals surface area contributed by atoms with Gasteiger partial charge in [-0.3, -0.25) is 0 Å². The monoisotopic (exact) mass is 217 g/mol. The molecule has 3 nitrogen and oxygen atoms in total. The smallest absolute Gasteiger partial charge is 0.0994 e. The first-order valence-electron chi connectivity index (χ1n) is 5.73. The zero-order valence-electron chi connectivity index (χ0n) is 10.0. The Balaban J connectivity index is 2.38. The molecular formula is C13H19N3. The molecule has 0 amide bonds. The van der Waals surface area contributed by atoms with Crippen molar-refractivity contribution in [3.05, 3.63) is 29.3 Å². The number of nitrogens with one attached hydrogen (secondary N) is 2. The highest BCUT2D eigenvalue weighted by molar-refractivity contribution is 5.51. The average Bonchev–Trinajstić information content (AvgIpc) is 2.29. The van der Waals surface area contributed by atoms with Crippen LogP contribution < -0.4 is 10.6 Å². The molecule has 0 heterocycles. The van der Waals surface area contributed by atoms with Gasteiger partial charge in [0.1, 0.15) is 0 Å². The second-order valence-electron chi connectivity index (χ2n) is 3.78. The first-order chi connectivity index (χ1) is 7.77. The van der Waals surface area contributed by atoms with E-state index in [1.165, 1.54) is 0 Å². The molecule has 0 saturated carbocycles. The van der Waals surface area contributed by atoms with Crippen LogP contribution >= 0.6 is 0 Å². The number of aryl methyl sites for hydroxylation is 1. The van der Waals surface area contributed by atoms with E-state index in [0.29, 0.717) is 0 Å². The van der Waals surface area contributed by atoms with Crippen molar-refractivity contribution < 1.29 is 0 Å². The largest absolute Gasteiger partial charge is 0.385 e. The lowest BCUT2D eigenvalue weighted by Crippen LogP contribution is -2.17. The van der Waals surface area contributed by atoms with Gasteiger partial charge in [0.25, 0.3) is 0 Å². The Labute approximate surface area is 97.5 Å². The van der Waals surface area contributed by atoms with Crippen LogP contribution in [0.4, 0.5) is 5.69 Å². The molecule has 0 radical (unpaired) electrons. The summed E-state index contributed by atoms with van der Waals surface area (Å²) >= 11 is 0. The lowest BCUT2D eigenvalue weighted by molar-refractivity contribution is 0.689. The highest BCUT2D eigenvalue weighted by atomic mass is 14.9. The maximum absolute atomic E-state index is 8.80. The van der Waals surface area contributed by atoms with Crippen molar-refractivity contribution in [2.75, 3.05) is 25.0 Å². The van der Waals surface area contributed by atoms with Gasteiger partial charge in [-0.2, -0.15) is 5.26 Å². The van der Waals surface area contributed by atoms with E-state index in [1.54, 1.807) is 0 Å². The summed E-state index contributed by atoms with van der Waals surface area (Å²) in [5.41, 5.74) is 2.87. The lowest BCUT2D eigenvalue weighted by Gasteiger charge is -2.08. The van der Waals surface area contributed by atoms with Gasteiger partial charge in [0.2, 0.25) is 0 Å². The number of rotatable bonds is 6. The van der Waals surface area contributed by atoms with Crippen LogP contribution in [-0.2, 0) is 0 Å². The Morgan fingerprint density at radius 3 is 2.75 bits per heavy atom. The van der Waals surface area contributed by atoms with Gasteiger partial charge in [-0.15, -0.1) is 0 Å². The summed E-state index contributed by atoms with van der Waals surface area (Å²) in [7, 11) is 0. The molecule has 3 heteroatoms. The minimum absolute atomic E-state index is 0.748. The van der Waals surface area contributed by atoms with Gasteiger partial charge in [-0.05, 0) is 50.2 Å². The first kappa shape index (κ1) is 12.5. The third kappa shape index (κ3) is 3.92. The topological polar surface area (TPSA) is 47.8 Å². The summed E-state index contributed by atoms with van der Waals surface area (Å²) in [5, 5.41) is 15.4. The molecule has 1 rings (SSSR count). The fraction of sp³-hybridized carbons (Fsp3) is 0.462. The van der Waals surface area contributed by atoms with Crippen molar-refractivity contribution in [3.63, 3.8) is 0 Å². The molecule has 86 valence electrons. The third-order valence-electron chi connectivity index (χ3n) is 2.46. The molecule has 16 heavy (non-hydrogen) atoms. The molecule has 0 aliphatic heterocycles. The number of hydrogen-bond donors (Lipinski definition) is 2. The molecule has 0 atom stereocenters. The molecule has 0 bridgehead atoms. The first-order valence-corrected chi connectivity index (χ1v) is 5.73. The SMILES string of the molecule is CCNCCCNc1ccc(C#N)c(C)c1. The van der Waals surface area contributed by atoms with Crippen molar-refractivity contribution in [2.45, 2.75) is 20.3 Å². The number of benzene rings is 1. The van der Waals surface area contributed by atoms with Crippen LogP contribution in [0, 0.1) is 18.3 Å². The van der Waals surface area contributed by atoms with Crippen LogP contribution in [0.15, 0.2) is 18.2 Å². The highest BCUT2D eigenvalue weighted by Crippen LogP contribution is 2.13. The summed E-state index contributed by atoms with van der Waals surface area (Å²) in [6, 6.07) is 8.01. The van der Waals surface area contributed by atoms with Crippen LogP contribution in [0.25, 0.3) is 0 Å². The Morgan fingerprint density at radius 1 is 1.31 bits per heavy atom. The van der Waals surface area contributed by atoms with E-state index in [-0.39, 0.29) is 0 Å². The van der Waals surface area contributed by atoms with Crippen LogP contribution in [0.2, 0.25) is 0 Å². The normalized spacial score (nSPS) is 9.81. The van der Waals surface area contributed by atoms with E-state index in [0.717, 1.165) is 42.9 Å². The molecule has 0 spiro atoms. The van der Waals surface area contributed by atoms with Gasteiger partial charge in [0, 0.05) is 12.2 Å². The minimum atomic E-state index is 0.748. The van der Waals surface area contributed by atoms with Gasteiger partial charge in [0.15, 0.2) is 0 Å². The summed E-state index contributed by atoms with van der Waals surface area (Å²) < 4.78 is 0. The van der Waals surface area contributed by atoms with Gasteiger partial charge < -0.3 is 10.6 Å². The Hall–Kier alpha value is -1.53. The molecule has 1 aromatic rings. The Morgan fingerprint density at radius 2 is 2.12 bits per heavy atom. The van der Waals surface area contributed by atoms with E-state index in [1.807, 2.05) is 25.1 Å². The lowest BCUT2D eigenvalue weighted by atomic mass is 10.1. The molecule has 1 aromatic carbocycles. The minimum Gasteiger partial charge on any atom is -0.385 e. The maximum atomic E-state index is 8.80. The maximum Gasteiger partial charge on any atom is 0.0994 e. The summed E-state index contributed by atoms with van der Waals surface area (Å²) in [5.74, 6) is 0. The van der Waals surface area contributed by atoms with Gasteiger partial charge >= 0.3 is 0 Å². The fourth-order valence-corrected chi connectivity index (χ4v) is 1.52. The van der Waals surface area contributed by atoms with E-state index < -0.39 is 0 Å². The summed E-state index contributed by atoms with van der Waals surface area (Å²) in [6.45, 7) is 7.09. The second kappa shape index (κ2) is 6.86. The van der Waals surface area contributed by atoms with Crippen molar-refractivity contribution in [3.8, 4) is 6.07 Å². The molecule has 0 fully saturated rings. The molecule has 0 aliphatic rings. The van der Waals surface area contributed by atoms with Gasteiger partial charge in [-0.1, -0.05) is 6.92 Å². The molecular weight excluding hydrogens is 198 g/mol. The fourth-order valence-electron chi connectivity index (χ4n) is 1.52. The average molecular weight is 217 g/mol. The standard InChI is InChI=1S/C13H19N3/c1-3-15-7-4-8-16-13-6-5-12(10-14)11(2)9-13/h5-6,9,15-16H,3-4,7-8H2,1-2H3. The third-order valence-corrected chi connectivity index (χ3v) is 2.46. The van der Waals surface area contributed by atoms with Crippen molar-refractivity contribution in [1.29, 1.82) is 5.26 Å². The van der Waals surface area contributed by atoms with E-state index in [9.17, 15) is 0 Å². The molecule has 0 saturated heterocycles. The van der Waals surface area contributed by atoms with Crippen LogP contribution in [-0.4, -0.2) is 19.6 Å². The number of hydrogen-bond acceptors (Lipinski definition) is 3. The van der Waals surface area contributed by atoms with Gasteiger partial charge in [0.05, 0.1) is 11.6 Å². The van der Waals surface area contributed by atoms with Crippen molar-refractivity contribution in [1.82, 2.24) is 5.32 Å². The highest BCUT2D eigenvalue weighted by Gasteiger charge is 1.98. The summed E-state index contributed by atoms with van der Waals surface area (Å²) in [4.78, 5) is 0. The molecule has 2 N–H and O–H groups in total. The van der Waals surface area contributed by atoms with Gasteiger partial charge in [-0.25, -0.2) is 0 Å². The Kier molecular flexibility index (Phi) is 5.38. The number of nitrogens with zero attached hydrogens (tertiary/aromatic N) is 1. The molecule has 0 unspecified atom stereocenters.